The van der Waals surface area contributed by atoms with Gasteiger partial charge in [0.25, 0.3) is 0 Å². The van der Waals surface area contributed by atoms with Crippen LogP contribution in [0, 0.1) is 5.92 Å². The van der Waals surface area contributed by atoms with Crippen molar-refractivity contribution in [3.05, 3.63) is 47.8 Å². The Hall–Kier alpha value is -1.64. The van der Waals surface area contributed by atoms with E-state index in [4.69, 9.17) is 0 Å². The molecule has 0 unspecified atom stereocenters. The van der Waals surface area contributed by atoms with Gasteiger partial charge in [0.15, 0.2) is 0 Å². The summed E-state index contributed by atoms with van der Waals surface area (Å²) in [5, 5.41) is 0. The Kier molecular flexibility index (Phi) is 3.27. The molecule has 1 heterocycles. The molecule has 17 heavy (non-hydrogen) atoms. The molecule has 2 nitrogen and oxygen atoms in total. The van der Waals surface area contributed by atoms with E-state index in [1.54, 1.807) is 14.0 Å². The van der Waals surface area contributed by atoms with Crippen molar-refractivity contribution in [1.82, 2.24) is 4.90 Å². The van der Waals surface area contributed by atoms with E-state index in [-0.39, 0.29) is 17.7 Å². The van der Waals surface area contributed by atoms with Gasteiger partial charge in [-0.15, -0.1) is 0 Å². The second-order valence-electron chi connectivity index (χ2n) is 4.49. The Morgan fingerprint density at radius 1 is 1.29 bits per heavy atom. The van der Waals surface area contributed by atoms with E-state index >= 15 is 0 Å². The highest BCUT2D eigenvalue weighted by atomic mass is 19.1. The molecular formula is C14H16FNO. The van der Waals surface area contributed by atoms with Gasteiger partial charge in [-0.1, -0.05) is 30.3 Å². The quantitative estimate of drug-likeness (QED) is 0.768. The van der Waals surface area contributed by atoms with Crippen molar-refractivity contribution in [2.75, 3.05) is 7.05 Å². The standard InChI is InChI=1S/C14H16FNO/c1-10-8-12(15)13(16(2)14(10)17)9-11-6-4-3-5-7-11/h3-8,10,13H,9H2,1-2H3/t10-,13-/m1/s1. The van der Waals surface area contributed by atoms with Crippen molar-refractivity contribution < 1.29 is 9.18 Å². The lowest BCUT2D eigenvalue weighted by Crippen LogP contribution is -2.44. The molecule has 0 saturated carbocycles. The number of hydrogen-bond acceptors (Lipinski definition) is 1. The van der Waals surface area contributed by atoms with Crippen LogP contribution in [0.3, 0.4) is 0 Å². The fourth-order valence-corrected chi connectivity index (χ4v) is 2.15. The monoisotopic (exact) mass is 233 g/mol. The normalized spacial score (nSPS) is 24.8. The zero-order chi connectivity index (χ0) is 12.4. The Morgan fingerprint density at radius 3 is 2.59 bits per heavy atom. The van der Waals surface area contributed by atoms with E-state index in [1.807, 2.05) is 30.3 Å². The topological polar surface area (TPSA) is 20.3 Å². The molecule has 2 atom stereocenters. The summed E-state index contributed by atoms with van der Waals surface area (Å²) in [6.45, 7) is 1.72. The minimum Gasteiger partial charge on any atom is -0.336 e. The molecule has 2 rings (SSSR count). The molecule has 1 amide bonds. The number of likely N-dealkylation sites (N-methyl/N-ethyl adjacent to an activating group) is 1. The lowest BCUT2D eigenvalue weighted by Gasteiger charge is -2.32. The van der Waals surface area contributed by atoms with E-state index < -0.39 is 6.04 Å². The number of carbonyl (C=O) groups excluding carboxylic acids is 1. The van der Waals surface area contributed by atoms with Crippen LogP contribution in [0.2, 0.25) is 0 Å². The van der Waals surface area contributed by atoms with Crippen LogP contribution in [0.5, 0.6) is 0 Å². The van der Waals surface area contributed by atoms with E-state index in [0.717, 1.165) is 5.56 Å². The first-order chi connectivity index (χ1) is 8.09. The summed E-state index contributed by atoms with van der Waals surface area (Å²) >= 11 is 0. The summed E-state index contributed by atoms with van der Waals surface area (Å²) in [5.41, 5.74) is 1.04. The number of benzene rings is 1. The van der Waals surface area contributed by atoms with E-state index in [2.05, 4.69) is 0 Å². The van der Waals surface area contributed by atoms with Crippen LogP contribution in [0.25, 0.3) is 0 Å². The Balaban J connectivity index is 2.21. The molecule has 1 aliphatic rings. The molecule has 0 fully saturated rings. The van der Waals surface area contributed by atoms with Gasteiger partial charge in [-0.25, -0.2) is 4.39 Å². The van der Waals surface area contributed by atoms with Crippen molar-refractivity contribution in [1.29, 1.82) is 0 Å². The molecule has 90 valence electrons. The summed E-state index contributed by atoms with van der Waals surface area (Å²) in [7, 11) is 1.67. The van der Waals surface area contributed by atoms with E-state index in [1.165, 1.54) is 11.0 Å². The molecule has 3 heteroatoms. The first-order valence-electron chi connectivity index (χ1n) is 5.77. The maximum Gasteiger partial charge on any atom is 0.229 e. The van der Waals surface area contributed by atoms with Gasteiger partial charge in [0.1, 0.15) is 5.83 Å². The van der Waals surface area contributed by atoms with Crippen LogP contribution < -0.4 is 0 Å². The molecule has 0 radical (unpaired) electrons. The number of carbonyl (C=O) groups is 1. The van der Waals surface area contributed by atoms with Crippen molar-refractivity contribution >= 4 is 5.91 Å². The van der Waals surface area contributed by atoms with Gasteiger partial charge in [-0.2, -0.15) is 0 Å². The van der Waals surface area contributed by atoms with Gasteiger partial charge in [0.2, 0.25) is 5.91 Å². The second kappa shape index (κ2) is 4.70. The fourth-order valence-electron chi connectivity index (χ4n) is 2.15. The number of amides is 1. The molecule has 1 aromatic rings. The lowest BCUT2D eigenvalue weighted by atomic mass is 9.96. The molecule has 0 spiro atoms. The molecule has 0 saturated heterocycles. The Morgan fingerprint density at radius 2 is 1.94 bits per heavy atom. The third kappa shape index (κ3) is 2.38. The van der Waals surface area contributed by atoms with Gasteiger partial charge in [-0.3, -0.25) is 4.79 Å². The van der Waals surface area contributed by atoms with Gasteiger partial charge in [0.05, 0.1) is 12.0 Å². The first kappa shape index (κ1) is 11.8. The fraction of sp³-hybridized carbons (Fsp3) is 0.357. The van der Waals surface area contributed by atoms with Crippen LogP contribution in [0.15, 0.2) is 42.2 Å². The van der Waals surface area contributed by atoms with Gasteiger partial charge >= 0.3 is 0 Å². The second-order valence-corrected chi connectivity index (χ2v) is 4.49. The number of hydrogen-bond donors (Lipinski definition) is 0. The van der Waals surface area contributed by atoms with Gasteiger partial charge in [0, 0.05) is 7.05 Å². The van der Waals surface area contributed by atoms with Gasteiger partial charge < -0.3 is 4.90 Å². The van der Waals surface area contributed by atoms with Crippen molar-refractivity contribution in [2.24, 2.45) is 5.92 Å². The molecular weight excluding hydrogens is 217 g/mol. The Labute approximate surface area is 101 Å². The summed E-state index contributed by atoms with van der Waals surface area (Å²) in [6.07, 6.45) is 1.95. The predicted octanol–water partition coefficient (Wildman–Crippen LogP) is 2.56. The number of halogens is 1. The van der Waals surface area contributed by atoms with Crippen LogP contribution in [0.4, 0.5) is 4.39 Å². The summed E-state index contributed by atoms with van der Waals surface area (Å²) in [5.74, 6) is -0.581. The molecule has 1 aliphatic heterocycles. The van der Waals surface area contributed by atoms with E-state index in [0.29, 0.717) is 6.42 Å². The van der Waals surface area contributed by atoms with Gasteiger partial charge in [-0.05, 0) is 25.0 Å². The highest BCUT2D eigenvalue weighted by molar-refractivity contribution is 5.82. The highest BCUT2D eigenvalue weighted by Gasteiger charge is 2.31. The maximum absolute atomic E-state index is 13.9. The molecule has 0 bridgehead atoms. The van der Waals surface area contributed by atoms with Crippen LogP contribution >= 0.6 is 0 Å². The van der Waals surface area contributed by atoms with Crippen LogP contribution in [-0.2, 0) is 11.2 Å². The molecule has 0 N–H and O–H groups in total. The third-order valence-corrected chi connectivity index (χ3v) is 3.20. The zero-order valence-corrected chi connectivity index (χ0v) is 10.1. The third-order valence-electron chi connectivity index (χ3n) is 3.20. The summed E-state index contributed by atoms with van der Waals surface area (Å²) in [6, 6.07) is 9.20. The molecule has 1 aromatic carbocycles. The summed E-state index contributed by atoms with van der Waals surface area (Å²) in [4.78, 5) is 13.3. The van der Waals surface area contributed by atoms with Crippen molar-refractivity contribution in [2.45, 2.75) is 19.4 Å². The zero-order valence-electron chi connectivity index (χ0n) is 10.1. The number of rotatable bonds is 2. The SMILES string of the molecule is C[C@@H]1C=C(F)[C@@H](Cc2ccccc2)N(C)C1=O. The highest BCUT2D eigenvalue weighted by Crippen LogP contribution is 2.25. The average Bonchev–Trinajstić information content (AvgIpc) is 2.33. The van der Waals surface area contributed by atoms with Crippen LogP contribution in [0.1, 0.15) is 12.5 Å². The van der Waals surface area contributed by atoms with Crippen LogP contribution in [-0.4, -0.2) is 23.9 Å². The average molecular weight is 233 g/mol. The lowest BCUT2D eigenvalue weighted by molar-refractivity contribution is -0.135. The van der Waals surface area contributed by atoms with Crippen molar-refractivity contribution in [3.8, 4) is 0 Å². The summed E-state index contributed by atoms with van der Waals surface area (Å²) < 4.78 is 13.9. The minimum absolute atomic E-state index is 0.0210. The molecule has 0 aliphatic carbocycles. The van der Waals surface area contributed by atoms with E-state index in [9.17, 15) is 9.18 Å². The maximum atomic E-state index is 13.9. The largest absolute Gasteiger partial charge is 0.336 e. The predicted molar refractivity (Wildman–Crippen MR) is 65.1 cm³/mol. The minimum atomic E-state index is -0.457. The first-order valence-corrected chi connectivity index (χ1v) is 5.77. The Bertz CT molecular complexity index is 441. The molecule has 0 aromatic heterocycles. The number of nitrogens with zero attached hydrogens (tertiary/aromatic N) is 1. The van der Waals surface area contributed by atoms with Crippen molar-refractivity contribution in [3.63, 3.8) is 0 Å². The smallest absolute Gasteiger partial charge is 0.229 e.